The molecule has 0 spiro atoms. The second-order valence-electron chi connectivity index (χ2n) is 6.24. The van der Waals surface area contributed by atoms with Gasteiger partial charge < -0.3 is 22.1 Å². The van der Waals surface area contributed by atoms with Crippen molar-refractivity contribution in [1.29, 1.82) is 0 Å². The Kier molecular flexibility index (Phi) is 5.64. The van der Waals surface area contributed by atoms with Gasteiger partial charge in [0.1, 0.15) is 11.9 Å². The Morgan fingerprint density at radius 2 is 2.00 bits per heavy atom. The van der Waals surface area contributed by atoms with E-state index in [1.54, 1.807) is 6.20 Å². The van der Waals surface area contributed by atoms with Crippen LogP contribution in [0.25, 0.3) is 10.9 Å². The summed E-state index contributed by atoms with van der Waals surface area (Å²) in [5.41, 5.74) is 12.3. The summed E-state index contributed by atoms with van der Waals surface area (Å²) in [4.78, 5) is 36.1. The summed E-state index contributed by atoms with van der Waals surface area (Å²) < 4.78 is 0. The molecule has 2 heterocycles. The maximum atomic E-state index is 11.7. The van der Waals surface area contributed by atoms with Gasteiger partial charge >= 0.3 is 0 Å². The standard InChI is InChI=1S/C19H21N7O2/c1-2-4-13(17(20)27)25-15-10-23-16(18(21)28)19(26-15)24-12-7-6-11-5-3-8-22-14(11)9-12/h3,5-10,13H,2,4H2,1H3,(H2,20,27)(H2,21,28)(H2,24,25,26). The first-order valence-electron chi connectivity index (χ1n) is 8.82. The minimum Gasteiger partial charge on any atom is -0.368 e. The molecule has 3 aromatic rings. The highest BCUT2D eigenvalue weighted by atomic mass is 16.1. The van der Waals surface area contributed by atoms with Crippen LogP contribution >= 0.6 is 0 Å². The second kappa shape index (κ2) is 8.30. The third-order valence-corrected chi connectivity index (χ3v) is 4.12. The van der Waals surface area contributed by atoms with Crippen LogP contribution in [0.15, 0.2) is 42.7 Å². The van der Waals surface area contributed by atoms with Crippen molar-refractivity contribution in [3.05, 3.63) is 48.4 Å². The summed E-state index contributed by atoms with van der Waals surface area (Å²) in [6.07, 6.45) is 4.36. The molecule has 0 bridgehead atoms. The van der Waals surface area contributed by atoms with Gasteiger partial charge in [-0.3, -0.25) is 14.6 Å². The summed E-state index contributed by atoms with van der Waals surface area (Å²) in [6, 6.07) is 8.77. The molecule has 3 rings (SSSR count). The number of fused-ring (bicyclic) bond motifs is 1. The van der Waals surface area contributed by atoms with Crippen molar-refractivity contribution in [3.8, 4) is 0 Å². The van der Waals surface area contributed by atoms with Gasteiger partial charge in [0.25, 0.3) is 5.91 Å². The van der Waals surface area contributed by atoms with Crippen molar-refractivity contribution < 1.29 is 9.59 Å². The molecule has 6 N–H and O–H groups in total. The number of hydrogen-bond acceptors (Lipinski definition) is 7. The lowest BCUT2D eigenvalue weighted by atomic mass is 10.1. The Labute approximate surface area is 161 Å². The molecule has 0 aliphatic rings. The number of carbonyl (C=O) groups is 2. The van der Waals surface area contributed by atoms with Gasteiger partial charge in [-0.15, -0.1) is 0 Å². The maximum Gasteiger partial charge on any atom is 0.271 e. The number of rotatable bonds is 8. The Bertz CT molecular complexity index is 1020. The van der Waals surface area contributed by atoms with Gasteiger partial charge in [0.15, 0.2) is 11.5 Å². The number of nitrogens with zero attached hydrogens (tertiary/aromatic N) is 3. The molecule has 28 heavy (non-hydrogen) atoms. The quantitative estimate of drug-likeness (QED) is 0.467. The van der Waals surface area contributed by atoms with E-state index in [1.807, 2.05) is 37.3 Å². The van der Waals surface area contributed by atoms with Crippen molar-refractivity contribution in [2.75, 3.05) is 10.6 Å². The molecule has 0 saturated carbocycles. The molecular weight excluding hydrogens is 358 g/mol. The molecule has 0 aliphatic heterocycles. The van der Waals surface area contributed by atoms with Crippen molar-refractivity contribution in [2.45, 2.75) is 25.8 Å². The molecule has 2 aromatic heterocycles. The van der Waals surface area contributed by atoms with Gasteiger partial charge in [-0.05, 0) is 24.6 Å². The molecule has 9 nitrogen and oxygen atoms in total. The van der Waals surface area contributed by atoms with E-state index in [0.29, 0.717) is 17.9 Å². The van der Waals surface area contributed by atoms with E-state index in [-0.39, 0.29) is 11.5 Å². The predicted molar refractivity (Wildman–Crippen MR) is 107 cm³/mol. The van der Waals surface area contributed by atoms with Gasteiger partial charge in [0, 0.05) is 17.3 Å². The van der Waals surface area contributed by atoms with E-state index in [2.05, 4.69) is 25.6 Å². The number of carbonyl (C=O) groups excluding carboxylic acids is 2. The van der Waals surface area contributed by atoms with Crippen LogP contribution in [0.1, 0.15) is 30.3 Å². The van der Waals surface area contributed by atoms with E-state index >= 15 is 0 Å². The topological polar surface area (TPSA) is 149 Å². The maximum absolute atomic E-state index is 11.7. The molecule has 2 amide bonds. The summed E-state index contributed by atoms with van der Waals surface area (Å²) in [6.45, 7) is 1.94. The summed E-state index contributed by atoms with van der Waals surface area (Å²) in [7, 11) is 0. The normalized spacial score (nSPS) is 11.8. The summed E-state index contributed by atoms with van der Waals surface area (Å²) in [5.74, 6) is -0.727. The van der Waals surface area contributed by atoms with Crippen molar-refractivity contribution in [2.24, 2.45) is 11.5 Å². The Morgan fingerprint density at radius 3 is 2.71 bits per heavy atom. The largest absolute Gasteiger partial charge is 0.368 e. The van der Waals surface area contributed by atoms with Gasteiger partial charge in [-0.25, -0.2) is 9.97 Å². The minimum absolute atomic E-state index is 0.0159. The first-order valence-corrected chi connectivity index (χ1v) is 8.82. The van der Waals surface area contributed by atoms with Crippen LogP contribution in [0.4, 0.5) is 17.3 Å². The van der Waals surface area contributed by atoms with Crippen molar-refractivity contribution >= 4 is 40.0 Å². The highest BCUT2D eigenvalue weighted by Crippen LogP contribution is 2.23. The zero-order valence-electron chi connectivity index (χ0n) is 15.3. The summed E-state index contributed by atoms with van der Waals surface area (Å²) >= 11 is 0. The molecule has 144 valence electrons. The van der Waals surface area contributed by atoms with Gasteiger partial charge in [0.05, 0.1) is 11.7 Å². The van der Waals surface area contributed by atoms with Crippen LogP contribution in [-0.4, -0.2) is 32.8 Å². The van der Waals surface area contributed by atoms with Crippen LogP contribution in [0.2, 0.25) is 0 Å². The number of nitrogens with two attached hydrogens (primary N) is 2. The summed E-state index contributed by atoms with van der Waals surface area (Å²) in [5, 5.41) is 6.98. The van der Waals surface area contributed by atoms with Crippen molar-refractivity contribution in [1.82, 2.24) is 15.0 Å². The number of anilines is 3. The lowest BCUT2D eigenvalue weighted by Crippen LogP contribution is -2.35. The van der Waals surface area contributed by atoms with E-state index in [9.17, 15) is 9.59 Å². The monoisotopic (exact) mass is 379 g/mol. The number of benzene rings is 1. The number of hydrogen-bond donors (Lipinski definition) is 4. The molecule has 0 fully saturated rings. The lowest BCUT2D eigenvalue weighted by molar-refractivity contribution is -0.118. The molecule has 0 aliphatic carbocycles. The lowest BCUT2D eigenvalue weighted by Gasteiger charge is -2.16. The number of pyridine rings is 1. The first kappa shape index (κ1) is 19.0. The van der Waals surface area contributed by atoms with E-state index in [4.69, 9.17) is 11.5 Å². The van der Waals surface area contributed by atoms with E-state index in [0.717, 1.165) is 17.3 Å². The van der Waals surface area contributed by atoms with Crippen LogP contribution in [-0.2, 0) is 4.79 Å². The van der Waals surface area contributed by atoms with Crippen LogP contribution in [0.3, 0.4) is 0 Å². The third kappa shape index (κ3) is 4.32. The molecule has 1 aromatic carbocycles. The first-order chi connectivity index (χ1) is 13.5. The van der Waals surface area contributed by atoms with Gasteiger partial charge in [-0.2, -0.15) is 0 Å². The van der Waals surface area contributed by atoms with Crippen molar-refractivity contribution in [3.63, 3.8) is 0 Å². The number of nitrogens with one attached hydrogen (secondary N) is 2. The molecule has 1 unspecified atom stereocenters. The van der Waals surface area contributed by atoms with Crippen LogP contribution in [0, 0.1) is 0 Å². The molecule has 0 saturated heterocycles. The Morgan fingerprint density at radius 1 is 1.18 bits per heavy atom. The second-order valence-corrected chi connectivity index (χ2v) is 6.24. The van der Waals surface area contributed by atoms with Gasteiger partial charge in [-0.1, -0.05) is 25.5 Å². The number of primary amides is 2. The molecule has 0 radical (unpaired) electrons. The van der Waals surface area contributed by atoms with E-state index < -0.39 is 17.9 Å². The fourth-order valence-electron chi connectivity index (χ4n) is 2.76. The average molecular weight is 379 g/mol. The zero-order valence-corrected chi connectivity index (χ0v) is 15.3. The number of aromatic nitrogens is 3. The van der Waals surface area contributed by atoms with Crippen LogP contribution in [0.5, 0.6) is 0 Å². The van der Waals surface area contributed by atoms with Gasteiger partial charge in [0.2, 0.25) is 5.91 Å². The predicted octanol–water partition coefficient (Wildman–Crippen LogP) is 1.93. The Balaban J connectivity index is 1.92. The average Bonchev–Trinajstić information content (AvgIpc) is 2.67. The fourth-order valence-corrected chi connectivity index (χ4v) is 2.76. The molecular formula is C19H21N7O2. The third-order valence-electron chi connectivity index (χ3n) is 4.12. The van der Waals surface area contributed by atoms with E-state index in [1.165, 1.54) is 6.20 Å². The highest BCUT2D eigenvalue weighted by molar-refractivity contribution is 5.96. The fraction of sp³-hybridized carbons (Fsp3) is 0.211. The molecule has 9 heteroatoms. The number of amides is 2. The SMILES string of the molecule is CCCC(Nc1cnc(C(N)=O)c(Nc2ccc3cccnc3c2)n1)C(N)=O. The highest BCUT2D eigenvalue weighted by Gasteiger charge is 2.18. The minimum atomic E-state index is -0.722. The zero-order chi connectivity index (χ0) is 20.1. The smallest absolute Gasteiger partial charge is 0.271 e. The molecule has 1 atom stereocenters. The van der Waals surface area contributed by atoms with Crippen LogP contribution < -0.4 is 22.1 Å². The Hall–Kier alpha value is -3.75.